The average Bonchev–Trinajstić information content (AvgIpc) is 3.03. The molecule has 2 heterocycles. The second-order valence-corrected chi connectivity index (χ2v) is 8.82. The zero-order chi connectivity index (χ0) is 21.0. The van der Waals surface area contributed by atoms with Crippen LogP contribution in [0.2, 0.25) is 0 Å². The Kier molecular flexibility index (Phi) is 4.20. The summed E-state index contributed by atoms with van der Waals surface area (Å²) in [5.74, 6) is -1.05. The molecule has 2 fully saturated rings. The molecule has 154 valence electrons. The number of phenolic OH excluding ortho intramolecular Hbond substituents is 1. The summed E-state index contributed by atoms with van der Waals surface area (Å²) in [5.41, 5.74) is 4.59. The van der Waals surface area contributed by atoms with E-state index in [-0.39, 0.29) is 22.6 Å². The van der Waals surface area contributed by atoms with Crippen molar-refractivity contribution in [2.45, 2.75) is 32.7 Å². The first-order valence-electron chi connectivity index (χ1n) is 10.3. The molecule has 1 aromatic heterocycles. The van der Waals surface area contributed by atoms with Gasteiger partial charge >= 0.3 is 0 Å². The predicted molar refractivity (Wildman–Crippen MR) is 112 cm³/mol. The second-order valence-electron chi connectivity index (χ2n) is 8.82. The number of aromatic hydroxyl groups is 1. The smallest absolute Gasteiger partial charge is 0.257 e. The molecule has 2 aromatic carbocycles. The first-order chi connectivity index (χ1) is 14.3. The number of nitrogens with zero attached hydrogens (tertiary/aromatic N) is 3. The number of hydrogen-bond donors (Lipinski definition) is 1. The Bertz CT molecular complexity index is 1140. The van der Waals surface area contributed by atoms with Gasteiger partial charge in [0, 0.05) is 24.1 Å². The minimum Gasteiger partial charge on any atom is -0.508 e. The van der Waals surface area contributed by atoms with Crippen LogP contribution in [0.3, 0.4) is 0 Å². The van der Waals surface area contributed by atoms with E-state index in [1.165, 1.54) is 23.3 Å². The summed E-state index contributed by atoms with van der Waals surface area (Å²) in [5, 5.41) is 14.3. The Morgan fingerprint density at radius 1 is 1.13 bits per heavy atom. The van der Waals surface area contributed by atoms with Gasteiger partial charge in [0.25, 0.3) is 5.91 Å². The summed E-state index contributed by atoms with van der Waals surface area (Å²) in [6, 6.07) is 14.4. The highest BCUT2D eigenvalue weighted by molar-refractivity contribution is 5.95. The molecule has 0 atom stereocenters. The molecule has 5 rings (SSSR count). The van der Waals surface area contributed by atoms with E-state index in [9.17, 15) is 14.3 Å². The molecule has 2 aliphatic rings. The Balaban J connectivity index is 1.29. The van der Waals surface area contributed by atoms with Crippen LogP contribution in [-0.2, 0) is 0 Å². The van der Waals surface area contributed by atoms with Crippen molar-refractivity contribution < 1.29 is 14.3 Å². The highest BCUT2D eigenvalue weighted by Crippen LogP contribution is 2.55. The summed E-state index contributed by atoms with van der Waals surface area (Å²) in [7, 11) is 0. The SMILES string of the molecule is Cc1cc(-c2ccccc2C)n(C2CC3(C2)CN(C(=O)c2cc(O)ccc2F)C3)n1. The van der Waals surface area contributed by atoms with Gasteiger partial charge < -0.3 is 10.0 Å². The molecule has 1 amide bonds. The van der Waals surface area contributed by atoms with E-state index in [1.807, 2.05) is 19.1 Å². The standard InChI is InChI=1S/C24H24FN3O2/c1-15-5-3-4-6-19(15)22-9-16(2)26-28(22)17-11-24(12-17)13-27(14-24)23(30)20-10-18(29)7-8-21(20)25/h3-10,17,29H,11-14H2,1-2H3. The van der Waals surface area contributed by atoms with Crippen LogP contribution in [-0.4, -0.2) is 38.8 Å². The third-order valence-electron chi connectivity index (χ3n) is 6.48. The van der Waals surface area contributed by atoms with Crippen molar-refractivity contribution in [3.05, 3.63) is 71.2 Å². The fraction of sp³-hybridized carbons (Fsp3) is 0.333. The third-order valence-corrected chi connectivity index (χ3v) is 6.48. The van der Waals surface area contributed by atoms with Gasteiger partial charge in [-0.2, -0.15) is 5.10 Å². The number of aryl methyl sites for hydroxylation is 2. The number of carbonyl (C=O) groups excluding carboxylic acids is 1. The molecule has 0 radical (unpaired) electrons. The maximum atomic E-state index is 14.0. The maximum Gasteiger partial charge on any atom is 0.257 e. The van der Waals surface area contributed by atoms with Gasteiger partial charge in [0.15, 0.2) is 0 Å². The van der Waals surface area contributed by atoms with Gasteiger partial charge in [-0.3, -0.25) is 9.48 Å². The van der Waals surface area contributed by atoms with Crippen molar-refractivity contribution in [3.63, 3.8) is 0 Å². The highest BCUT2D eigenvalue weighted by atomic mass is 19.1. The van der Waals surface area contributed by atoms with Crippen molar-refractivity contribution in [2.75, 3.05) is 13.1 Å². The summed E-state index contributed by atoms with van der Waals surface area (Å²) in [4.78, 5) is 14.3. The largest absolute Gasteiger partial charge is 0.508 e. The number of hydrogen-bond acceptors (Lipinski definition) is 3. The minimum absolute atomic E-state index is 0.0646. The summed E-state index contributed by atoms with van der Waals surface area (Å²) in [6.45, 7) is 5.37. The lowest BCUT2D eigenvalue weighted by atomic mass is 9.60. The molecule has 6 heteroatoms. The predicted octanol–water partition coefficient (Wildman–Crippen LogP) is 4.49. The molecule has 1 saturated heterocycles. The van der Waals surface area contributed by atoms with Crippen LogP contribution in [0.1, 0.15) is 40.5 Å². The van der Waals surface area contributed by atoms with Crippen LogP contribution in [0.4, 0.5) is 4.39 Å². The van der Waals surface area contributed by atoms with Gasteiger partial charge in [0.2, 0.25) is 0 Å². The molecule has 30 heavy (non-hydrogen) atoms. The van der Waals surface area contributed by atoms with Crippen molar-refractivity contribution in [1.82, 2.24) is 14.7 Å². The van der Waals surface area contributed by atoms with E-state index in [1.54, 1.807) is 4.90 Å². The lowest BCUT2D eigenvalue weighted by molar-refractivity contribution is -0.0736. The fourth-order valence-corrected chi connectivity index (χ4v) is 4.98. The van der Waals surface area contributed by atoms with E-state index >= 15 is 0 Å². The zero-order valence-electron chi connectivity index (χ0n) is 17.1. The molecule has 0 unspecified atom stereocenters. The van der Waals surface area contributed by atoms with Gasteiger partial charge in [-0.15, -0.1) is 0 Å². The summed E-state index contributed by atoms with van der Waals surface area (Å²) in [6.07, 6.45) is 1.92. The molecular formula is C24H24FN3O2. The number of phenols is 1. The maximum absolute atomic E-state index is 14.0. The molecule has 1 aliphatic carbocycles. The Hall–Kier alpha value is -3.15. The number of rotatable bonds is 3. The Morgan fingerprint density at radius 2 is 1.87 bits per heavy atom. The quantitative estimate of drug-likeness (QED) is 0.699. The van der Waals surface area contributed by atoms with Gasteiger partial charge in [-0.25, -0.2) is 4.39 Å². The van der Waals surface area contributed by atoms with Crippen LogP contribution in [0.15, 0.2) is 48.5 Å². The van der Waals surface area contributed by atoms with Crippen LogP contribution >= 0.6 is 0 Å². The van der Waals surface area contributed by atoms with Gasteiger partial charge in [0.05, 0.1) is 23.0 Å². The van der Waals surface area contributed by atoms with E-state index in [0.29, 0.717) is 19.1 Å². The molecule has 0 bridgehead atoms. The van der Waals surface area contributed by atoms with Crippen molar-refractivity contribution in [3.8, 4) is 17.0 Å². The summed E-state index contributed by atoms with van der Waals surface area (Å²) < 4.78 is 16.1. The first-order valence-corrected chi connectivity index (χ1v) is 10.3. The number of aromatic nitrogens is 2. The number of likely N-dealkylation sites (tertiary alicyclic amines) is 1. The Morgan fingerprint density at radius 3 is 2.60 bits per heavy atom. The van der Waals surface area contributed by atoms with Crippen LogP contribution in [0.25, 0.3) is 11.3 Å². The van der Waals surface area contributed by atoms with Gasteiger partial charge in [0.1, 0.15) is 11.6 Å². The monoisotopic (exact) mass is 405 g/mol. The molecule has 1 N–H and O–H groups in total. The zero-order valence-corrected chi connectivity index (χ0v) is 17.1. The lowest BCUT2D eigenvalue weighted by Gasteiger charge is -2.59. The normalized spacial score (nSPS) is 17.6. The minimum atomic E-state index is -0.597. The van der Waals surface area contributed by atoms with E-state index in [2.05, 4.69) is 29.8 Å². The van der Waals surface area contributed by atoms with Gasteiger partial charge in [-0.1, -0.05) is 24.3 Å². The Labute approximate surface area is 174 Å². The average molecular weight is 405 g/mol. The van der Waals surface area contributed by atoms with Gasteiger partial charge in [-0.05, 0) is 56.5 Å². The molecule has 1 aliphatic heterocycles. The number of benzene rings is 2. The number of halogens is 1. The van der Waals surface area contributed by atoms with Crippen molar-refractivity contribution in [2.24, 2.45) is 5.41 Å². The van der Waals surface area contributed by atoms with Crippen molar-refractivity contribution in [1.29, 1.82) is 0 Å². The summed E-state index contributed by atoms with van der Waals surface area (Å²) >= 11 is 0. The van der Waals surface area contributed by atoms with Crippen LogP contribution in [0.5, 0.6) is 5.75 Å². The van der Waals surface area contributed by atoms with Crippen LogP contribution < -0.4 is 0 Å². The number of amides is 1. The molecule has 5 nitrogen and oxygen atoms in total. The molecule has 3 aromatic rings. The third kappa shape index (κ3) is 2.98. The highest BCUT2D eigenvalue weighted by Gasteiger charge is 2.55. The fourth-order valence-electron chi connectivity index (χ4n) is 4.98. The van der Waals surface area contributed by atoms with Crippen LogP contribution in [0, 0.1) is 25.1 Å². The second kappa shape index (κ2) is 6.69. The van der Waals surface area contributed by atoms with E-state index in [4.69, 9.17) is 5.10 Å². The number of carbonyl (C=O) groups is 1. The van der Waals surface area contributed by atoms with E-state index < -0.39 is 5.82 Å². The molecule has 1 saturated carbocycles. The molecule has 1 spiro atoms. The molecular weight excluding hydrogens is 381 g/mol. The lowest BCUT2D eigenvalue weighted by Crippen LogP contribution is -2.64. The first kappa shape index (κ1) is 18.9. The van der Waals surface area contributed by atoms with Crippen molar-refractivity contribution >= 4 is 5.91 Å². The van der Waals surface area contributed by atoms with E-state index in [0.717, 1.165) is 30.3 Å². The topological polar surface area (TPSA) is 58.4 Å².